The number of piperidine rings is 1. The van der Waals surface area contributed by atoms with Crippen molar-refractivity contribution in [1.29, 1.82) is 0 Å². The Morgan fingerprint density at radius 1 is 1.29 bits per heavy atom. The third-order valence-electron chi connectivity index (χ3n) is 4.19. The molecule has 0 aromatic heterocycles. The van der Waals surface area contributed by atoms with E-state index in [0.29, 0.717) is 19.4 Å². The molecule has 1 fully saturated rings. The van der Waals surface area contributed by atoms with Gasteiger partial charge in [-0.25, -0.2) is 9.18 Å². The van der Waals surface area contributed by atoms with Gasteiger partial charge in [-0.15, -0.1) is 0 Å². The number of carbonyl (C=O) groups is 2. The number of likely N-dealkylation sites (tertiary alicyclic amines) is 1. The summed E-state index contributed by atoms with van der Waals surface area (Å²) in [6, 6.07) is 6.02. The lowest BCUT2D eigenvalue weighted by atomic mass is 9.88. The number of hydrogen-bond donors (Lipinski definition) is 1. The maximum atomic E-state index is 12.8. The highest BCUT2D eigenvalue weighted by molar-refractivity contribution is 5.87. The highest BCUT2D eigenvalue weighted by Gasteiger charge is 2.43. The molecule has 1 saturated heterocycles. The van der Waals surface area contributed by atoms with Crippen molar-refractivity contribution in [3.63, 3.8) is 0 Å². The van der Waals surface area contributed by atoms with Gasteiger partial charge in [0.05, 0.1) is 0 Å². The van der Waals surface area contributed by atoms with Crippen LogP contribution in [0.1, 0.15) is 38.2 Å². The molecule has 5 heteroatoms. The number of hydrogen-bond acceptors (Lipinski definition) is 2. The van der Waals surface area contributed by atoms with Crippen LogP contribution in [-0.2, 0) is 16.0 Å². The largest absolute Gasteiger partial charge is 0.480 e. The van der Waals surface area contributed by atoms with E-state index in [1.807, 2.05) is 0 Å². The molecule has 1 aliphatic heterocycles. The molecule has 1 unspecified atom stereocenters. The number of carboxylic acid groups (broad SMARTS) is 1. The molecule has 0 radical (unpaired) electrons. The molecule has 1 N–H and O–H groups in total. The smallest absolute Gasteiger partial charge is 0.329 e. The number of aliphatic carboxylic acids is 1. The summed E-state index contributed by atoms with van der Waals surface area (Å²) < 4.78 is 12.8. The molecular formula is C16H20FNO3. The summed E-state index contributed by atoms with van der Waals surface area (Å²) in [4.78, 5) is 25.3. The van der Waals surface area contributed by atoms with E-state index in [9.17, 15) is 19.1 Å². The quantitative estimate of drug-likeness (QED) is 0.928. The van der Waals surface area contributed by atoms with E-state index in [4.69, 9.17) is 0 Å². The van der Waals surface area contributed by atoms with Gasteiger partial charge in [-0.1, -0.05) is 12.1 Å². The van der Waals surface area contributed by atoms with Crippen molar-refractivity contribution in [3.8, 4) is 0 Å². The van der Waals surface area contributed by atoms with Crippen molar-refractivity contribution in [2.75, 3.05) is 6.54 Å². The van der Waals surface area contributed by atoms with Gasteiger partial charge in [0, 0.05) is 13.0 Å². The molecule has 1 aromatic rings. The summed E-state index contributed by atoms with van der Waals surface area (Å²) in [5.74, 6) is -1.40. The average Bonchev–Trinajstić information content (AvgIpc) is 2.46. The minimum Gasteiger partial charge on any atom is -0.480 e. The zero-order valence-corrected chi connectivity index (χ0v) is 12.1. The highest BCUT2D eigenvalue weighted by Crippen LogP contribution is 2.29. The van der Waals surface area contributed by atoms with Crippen LogP contribution >= 0.6 is 0 Å². The van der Waals surface area contributed by atoms with E-state index in [0.717, 1.165) is 18.4 Å². The number of rotatable bonds is 4. The fourth-order valence-electron chi connectivity index (χ4n) is 2.78. The van der Waals surface area contributed by atoms with Crippen LogP contribution < -0.4 is 0 Å². The van der Waals surface area contributed by atoms with Gasteiger partial charge in [-0.05, 0) is 50.3 Å². The van der Waals surface area contributed by atoms with E-state index in [1.54, 1.807) is 19.1 Å². The molecule has 1 aliphatic rings. The van der Waals surface area contributed by atoms with Crippen molar-refractivity contribution < 1.29 is 19.1 Å². The predicted molar refractivity (Wildman–Crippen MR) is 76.3 cm³/mol. The van der Waals surface area contributed by atoms with Gasteiger partial charge in [-0.2, -0.15) is 0 Å². The van der Waals surface area contributed by atoms with Crippen molar-refractivity contribution in [3.05, 3.63) is 35.6 Å². The van der Waals surface area contributed by atoms with Crippen LogP contribution in [0.25, 0.3) is 0 Å². The molecule has 1 heterocycles. The third-order valence-corrected chi connectivity index (χ3v) is 4.19. The second-order valence-electron chi connectivity index (χ2n) is 5.71. The molecular weight excluding hydrogens is 273 g/mol. The third kappa shape index (κ3) is 3.40. The Bertz CT molecular complexity index is 529. The van der Waals surface area contributed by atoms with Crippen LogP contribution in [0.3, 0.4) is 0 Å². The standard InChI is InChI=1S/C16H20FNO3/c1-16(15(20)21)10-2-3-11-18(16)14(19)9-6-12-4-7-13(17)8-5-12/h4-5,7-8H,2-3,6,9-11H2,1H3,(H,20,21). The Labute approximate surface area is 123 Å². The number of nitrogens with zero attached hydrogens (tertiary/aromatic N) is 1. The number of carboxylic acids is 1. The van der Waals surface area contributed by atoms with E-state index in [2.05, 4.69) is 0 Å². The van der Waals surface area contributed by atoms with Crippen LogP contribution in [0.4, 0.5) is 4.39 Å². The van der Waals surface area contributed by atoms with Crippen molar-refractivity contribution in [2.24, 2.45) is 0 Å². The topological polar surface area (TPSA) is 57.6 Å². The Hall–Kier alpha value is -1.91. The minimum absolute atomic E-state index is 0.149. The summed E-state index contributed by atoms with van der Waals surface area (Å²) in [7, 11) is 0. The molecule has 1 atom stereocenters. The molecule has 0 aliphatic carbocycles. The van der Waals surface area contributed by atoms with Gasteiger partial charge in [0.25, 0.3) is 0 Å². The van der Waals surface area contributed by atoms with Crippen LogP contribution in [0.15, 0.2) is 24.3 Å². The molecule has 0 saturated carbocycles. The summed E-state index contributed by atoms with van der Waals surface area (Å²) in [5.41, 5.74) is -0.225. The summed E-state index contributed by atoms with van der Waals surface area (Å²) in [6.07, 6.45) is 2.89. The molecule has 1 aromatic carbocycles. The molecule has 4 nitrogen and oxygen atoms in total. The maximum Gasteiger partial charge on any atom is 0.329 e. The fourth-order valence-corrected chi connectivity index (χ4v) is 2.78. The molecule has 114 valence electrons. The van der Waals surface area contributed by atoms with E-state index in [-0.39, 0.29) is 18.1 Å². The Morgan fingerprint density at radius 3 is 2.57 bits per heavy atom. The van der Waals surface area contributed by atoms with E-state index >= 15 is 0 Å². The highest BCUT2D eigenvalue weighted by atomic mass is 19.1. The molecule has 1 amide bonds. The first kappa shape index (κ1) is 15.5. The normalized spacial score (nSPS) is 22.1. The van der Waals surface area contributed by atoms with Crippen molar-refractivity contribution >= 4 is 11.9 Å². The van der Waals surface area contributed by atoms with Gasteiger partial charge >= 0.3 is 5.97 Å². The van der Waals surface area contributed by atoms with Crippen LogP contribution in [0.2, 0.25) is 0 Å². The lowest BCUT2D eigenvalue weighted by Crippen LogP contribution is -2.57. The van der Waals surface area contributed by atoms with Gasteiger partial charge in [0.15, 0.2) is 0 Å². The first-order valence-electron chi connectivity index (χ1n) is 7.22. The van der Waals surface area contributed by atoms with Crippen molar-refractivity contribution in [1.82, 2.24) is 4.90 Å². The van der Waals surface area contributed by atoms with Crippen LogP contribution in [0, 0.1) is 5.82 Å². The lowest BCUT2D eigenvalue weighted by Gasteiger charge is -2.41. The number of benzene rings is 1. The molecule has 0 bridgehead atoms. The van der Waals surface area contributed by atoms with E-state index in [1.165, 1.54) is 17.0 Å². The second-order valence-corrected chi connectivity index (χ2v) is 5.71. The number of halogens is 1. The number of amides is 1. The fraction of sp³-hybridized carbons (Fsp3) is 0.500. The van der Waals surface area contributed by atoms with Gasteiger partial charge < -0.3 is 10.0 Å². The number of carbonyl (C=O) groups excluding carboxylic acids is 1. The van der Waals surface area contributed by atoms with Crippen molar-refractivity contribution in [2.45, 2.75) is 44.6 Å². The summed E-state index contributed by atoms with van der Waals surface area (Å²) in [6.45, 7) is 2.11. The molecule has 0 spiro atoms. The lowest BCUT2D eigenvalue weighted by molar-refractivity contribution is -0.160. The summed E-state index contributed by atoms with van der Waals surface area (Å²) in [5, 5.41) is 9.40. The second kappa shape index (κ2) is 6.24. The molecule has 21 heavy (non-hydrogen) atoms. The van der Waals surface area contributed by atoms with Crippen LogP contribution in [-0.4, -0.2) is 34.0 Å². The first-order valence-corrected chi connectivity index (χ1v) is 7.22. The zero-order chi connectivity index (χ0) is 15.5. The SMILES string of the molecule is CC1(C(=O)O)CCCCN1C(=O)CCc1ccc(F)cc1. The zero-order valence-electron chi connectivity index (χ0n) is 12.1. The average molecular weight is 293 g/mol. The van der Waals surface area contributed by atoms with E-state index < -0.39 is 11.5 Å². The van der Waals surface area contributed by atoms with Gasteiger partial charge in [-0.3, -0.25) is 4.79 Å². The Balaban J connectivity index is 2.01. The predicted octanol–water partition coefficient (Wildman–Crippen LogP) is 2.61. The van der Waals surface area contributed by atoms with Gasteiger partial charge in [0.2, 0.25) is 5.91 Å². The first-order chi connectivity index (χ1) is 9.93. The summed E-state index contributed by atoms with van der Waals surface area (Å²) >= 11 is 0. The van der Waals surface area contributed by atoms with Crippen LogP contribution in [0.5, 0.6) is 0 Å². The monoisotopic (exact) mass is 293 g/mol. The minimum atomic E-state index is -1.10. The Kier molecular flexibility index (Phi) is 4.60. The number of aryl methyl sites for hydroxylation is 1. The molecule has 2 rings (SSSR count). The van der Waals surface area contributed by atoms with Gasteiger partial charge in [0.1, 0.15) is 11.4 Å². The Morgan fingerprint density at radius 2 is 1.95 bits per heavy atom. The maximum absolute atomic E-state index is 12.8.